The van der Waals surface area contributed by atoms with Crippen LogP contribution in [-0.2, 0) is 0 Å². The molecule has 0 spiro atoms. The molecule has 3 N–H and O–H groups in total. The molecule has 5 heteroatoms. The summed E-state index contributed by atoms with van der Waals surface area (Å²) in [6, 6.07) is 1.20. The van der Waals surface area contributed by atoms with Crippen molar-refractivity contribution in [1.82, 2.24) is 20.9 Å². The standard InChI is InChI=1S/C16H35N5/c1-13(2)21-11-7-14(8-12-21)20-15(17-6)18-9-10-19-16(3,4)5/h13-14,19H,7-12H2,1-6H3,(H2,17,18,20). The zero-order valence-electron chi connectivity index (χ0n) is 14.8. The highest BCUT2D eigenvalue weighted by Gasteiger charge is 2.21. The van der Waals surface area contributed by atoms with Gasteiger partial charge in [-0.3, -0.25) is 4.99 Å². The molecule has 0 amide bonds. The second-order valence-electron chi connectivity index (χ2n) is 7.22. The van der Waals surface area contributed by atoms with Gasteiger partial charge in [-0.25, -0.2) is 0 Å². The third-order valence-electron chi connectivity index (χ3n) is 3.90. The molecule has 0 bridgehead atoms. The molecule has 1 heterocycles. The van der Waals surface area contributed by atoms with E-state index in [9.17, 15) is 0 Å². The van der Waals surface area contributed by atoms with Crippen LogP contribution in [0.5, 0.6) is 0 Å². The Hall–Kier alpha value is -0.810. The molecule has 0 aliphatic carbocycles. The Bertz CT molecular complexity index is 311. The molecule has 1 aliphatic heterocycles. The smallest absolute Gasteiger partial charge is 0.191 e. The van der Waals surface area contributed by atoms with Gasteiger partial charge in [-0.05, 0) is 47.5 Å². The van der Waals surface area contributed by atoms with Crippen LogP contribution in [0.2, 0.25) is 0 Å². The summed E-state index contributed by atoms with van der Waals surface area (Å²) in [6.45, 7) is 15.3. The predicted octanol–water partition coefficient (Wildman–Crippen LogP) is 1.41. The van der Waals surface area contributed by atoms with Crippen LogP contribution in [0, 0.1) is 0 Å². The molecule has 1 rings (SSSR count). The molecular formula is C16H35N5. The lowest BCUT2D eigenvalue weighted by atomic mass is 10.0. The normalized spacial score (nSPS) is 19.1. The first-order valence-electron chi connectivity index (χ1n) is 8.28. The van der Waals surface area contributed by atoms with Crippen molar-refractivity contribution >= 4 is 5.96 Å². The summed E-state index contributed by atoms with van der Waals surface area (Å²) in [5.74, 6) is 0.925. The fraction of sp³-hybridized carbons (Fsp3) is 0.938. The van der Waals surface area contributed by atoms with Gasteiger partial charge in [-0.2, -0.15) is 0 Å². The zero-order valence-corrected chi connectivity index (χ0v) is 14.8. The molecule has 0 atom stereocenters. The summed E-state index contributed by atoms with van der Waals surface area (Å²) >= 11 is 0. The quantitative estimate of drug-likeness (QED) is 0.408. The van der Waals surface area contributed by atoms with E-state index in [2.05, 4.69) is 60.5 Å². The monoisotopic (exact) mass is 297 g/mol. The maximum atomic E-state index is 4.32. The van der Waals surface area contributed by atoms with Crippen molar-refractivity contribution < 1.29 is 0 Å². The van der Waals surface area contributed by atoms with Gasteiger partial charge in [0.1, 0.15) is 0 Å². The molecule has 124 valence electrons. The number of guanidine groups is 1. The number of hydrogen-bond acceptors (Lipinski definition) is 3. The summed E-state index contributed by atoms with van der Waals surface area (Å²) < 4.78 is 0. The Morgan fingerprint density at radius 2 is 1.81 bits per heavy atom. The van der Waals surface area contributed by atoms with Crippen molar-refractivity contribution in [3.05, 3.63) is 0 Å². The zero-order chi connectivity index (χ0) is 15.9. The summed E-state index contributed by atoms with van der Waals surface area (Å²) in [6.07, 6.45) is 2.39. The van der Waals surface area contributed by atoms with E-state index in [-0.39, 0.29) is 5.54 Å². The highest BCUT2D eigenvalue weighted by Crippen LogP contribution is 2.12. The lowest BCUT2D eigenvalue weighted by Gasteiger charge is -2.35. The van der Waals surface area contributed by atoms with E-state index < -0.39 is 0 Å². The van der Waals surface area contributed by atoms with Gasteiger partial charge < -0.3 is 20.9 Å². The molecule has 0 saturated carbocycles. The maximum absolute atomic E-state index is 4.32. The average molecular weight is 297 g/mol. The Morgan fingerprint density at radius 1 is 1.19 bits per heavy atom. The number of aliphatic imine (C=N–C) groups is 1. The topological polar surface area (TPSA) is 51.7 Å². The Kier molecular flexibility index (Phi) is 7.46. The number of rotatable bonds is 5. The Balaban J connectivity index is 2.23. The van der Waals surface area contributed by atoms with E-state index in [0.717, 1.165) is 19.0 Å². The van der Waals surface area contributed by atoms with Gasteiger partial charge in [0.2, 0.25) is 0 Å². The molecule has 1 aliphatic rings. The minimum absolute atomic E-state index is 0.169. The highest BCUT2D eigenvalue weighted by molar-refractivity contribution is 5.79. The number of hydrogen-bond donors (Lipinski definition) is 3. The highest BCUT2D eigenvalue weighted by atomic mass is 15.2. The van der Waals surface area contributed by atoms with Gasteiger partial charge in [0.25, 0.3) is 0 Å². The summed E-state index contributed by atoms with van der Waals surface area (Å²) in [7, 11) is 1.84. The van der Waals surface area contributed by atoms with Crippen LogP contribution >= 0.6 is 0 Å². The Labute approximate surface area is 131 Å². The molecule has 0 aromatic rings. The first-order valence-corrected chi connectivity index (χ1v) is 8.28. The maximum Gasteiger partial charge on any atom is 0.191 e. The van der Waals surface area contributed by atoms with E-state index in [1.807, 2.05) is 7.05 Å². The van der Waals surface area contributed by atoms with Crippen molar-refractivity contribution in [2.75, 3.05) is 33.2 Å². The summed E-state index contributed by atoms with van der Waals surface area (Å²) in [4.78, 5) is 6.87. The molecule has 1 saturated heterocycles. The second kappa shape index (κ2) is 8.59. The molecular weight excluding hydrogens is 262 g/mol. The fourth-order valence-corrected chi connectivity index (χ4v) is 2.57. The summed E-state index contributed by atoms with van der Waals surface area (Å²) in [5, 5.41) is 10.4. The second-order valence-corrected chi connectivity index (χ2v) is 7.22. The van der Waals surface area contributed by atoms with E-state index in [0.29, 0.717) is 12.1 Å². The average Bonchev–Trinajstić information content (AvgIpc) is 2.41. The molecule has 0 unspecified atom stereocenters. The first-order chi connectivity index (χ1) is 9.81. The van der Waals surface area contributed by atoms with Crippen molar-refractivity contribution in [3.8, 4) is 0 Å². The summed E-state index contributed by atoms with van der Waals surface area (Å²) in [5.41, 5.74) is 0.169. The molecule has 21 heavy (non-hydrogen) atoms. The van der Waals surface area contributed by atoms with Crippen LogP contribution in [0.25, 0.3) is 0 Å². The van der Waals surface area contributed by atoms with Crippen LogP contribution in [0.4, 0.5) is 0 Å². The van der Waals surface area contributed by atoms with Gasteiger partial charge in [0.05, 0.1) is 0 Å². The van der Waals surface area contributed by atoms with Gasteiger partial charge >= 0.3 is 0 Å². The van der Waals surface area contributed by atoms with E-state index in [1.165, 1.54) is 25.9 Å². The molecule has 5 nitrogen and oxygen atoms in total. The van der Waals surface area contributed by atoms with Crippen LogP contribution in [-0.4, -0.2) is 61.7 Å². The number of nitrogens with one attached hydrogen (secondary N) is 3. The van der Waals surface area contributed by atoms with Gasteiger partial charge in [0, 0.05) is 50.8 Å². The van der Waals surface area contributed by atoms with Gasteiger partial charge in [0.15, 0.2) is 5.96 Å². The van der Waals surface area contributed by atoms with Crippen molar-refractivity contribution in [3.63, 3.8) is 0 Å². The fourth-order valence-electron chi connectivity index (χ4n) is 2.57. The molecule has 1 fully saturated rings. The lowest BCUT2D eigenvalue weighted by molar-refractivity contribution is 0.167. The third kappa shape index (κ3) is 7.67. The lowest BCUT2D eigenvalue weighted by Crippen LogP contribution is -2.51. The third-order valence-corrected chi connectivity index (χ3v) is 3.90. The van der Waals surface area contributed by atoms with Crippen molar-refractivity contribution in [2.45, 2.75) is 65.1 Å². The first kappa shape index (κ1) is 18.2. The molecule has 0 aromatic heterocycles. The van der Waals surface area contributed by atoms with E-state index in [4.69, 9.17) is 0 Å². The van der Waals surface area contributed by atoms with Crippen molar-refractivity contribution in [2.24, 2.45) is 4.99 Å². The SMILES string of the molecule is CN=C(NCCNC(C)(C)C)NC1CCN(C(C)C)CC1. The minimum atomic E-state index is 0.169. The Morgan fingerprint density at radius 3 is 2.29 bits per heavy atom. The largest absolute Gasteiger partial charge is 0.355 e. The van der Waals surface area contributed by atoms with Gasteiger partial charge in [-0.15, -0.1) is 0 Å². The van der Waals surface area contributed by atoms with Gasteiger partial charge in [-0.1, -0.05) is 0 Å². The van der Waals surface area contributed by atoms with Crippen LogP contribution in [0.1, 0.15) is 47.5 Å². The van der Waals surface area contributed by atoms with Crippen molar-refractivity contribution in [1.29, 1.82) is 0 Å². The van der Waals surface area contributed by atoms with Crippen LogP contribution in [0.3, 0.4) is 0 Å². The molecule has 0 aromatic carbocycles. The molecule has 0 radical (unpaired) electrons. The van der Waals surface area contributed by atoms with Crippen LogP contribution < -0.4 is 16.0 Å². The number of nitrogens with zero attached hydrogens (tertiary/aromatic N) is 2. The predicted molar refractivity (Wildman–Crippen MR) is 92.0 cm³/mol. The van der Waals surface area contributed by atoms with Crippen LogP contribution in [0.15, 0.2) is 4.99 Å². The number of likely N-dealkylation sites (tertiary alicyclic amines) is 1. The number of piperidine rings is 1. The van der Waals surface area contributed by atoms with E-state index >= 15 is 0 Å². The minimum Gasteiger partial charge on any atom is -0.355 e. The van der Waals surface area contributed by atoms with E-state index in [1.54, 1.807) is 0 Å².